The zero-order valence-corrected chi connectivity index (χ0v) is 13.5. The number of aryl methyl sites for hydroxylation is 1. The Balaban J connectivity index is 2.05. The molecule has 3 nitrogen and oxygen atoms in total. The maximum atomic E-state index is 12.5. The second kappa shape index (κ2) is 6.27. The molecule has 20 heavy (non-hydrogen) atoms. The van der Waals surface area contributed by atoms with Crippen LogP contribution < -0.4 is 4.90 Å². The van der Waals surface area contributed by atoms with E-state index in [-0.39, 0.29) is 11.8 Å². The third kappa shape index (κ3) is 3.83. The highest BCUT2D eigenvalue weighted by Gasteiger charge is 2.29. The van der Waals surface area contributed by atoms with E-state index < -0.39 is 9.84 Å². The van der Waals surface area contributed by atoms with Gasteiger partial charge in [0.2, 0.25) is 0 Å². The Morgan fingerprint density at radius 2 is 1.95 bits per heavy atom. The van der Waals surface area contributed by atoms with E-state index in [0.29, 0.717) is 10.8 Å². The van der Waals surface area contributed by atoms with Crippen molar-refractivity contribution in [1.29, 1.82) is 0 Å². The number of hydrogen-bond donors (Lipinski definition) is 1. The molecule has 1 heterocycles. The molecule has 0 aromatic heterocycles. The van der Waals surface area contributed by atoms with Gasteiger partial charge in [-0.15, -0.1) is 0 Å². The lowest BCUT2D eigenvalue weighted by atomic mass is 9.99. The van der Waals surface area contributed by atoms with Crippen LogP contribution in [-0.2, 0) is 9.84 Å². The van der Waals surface area contributed by atoms with Crippen LogP contribution in [0.2, 0.25) is 0 Å². The molecule has 1 aliphatic rings. The first kappa shape index (κ1) is 15.5. The van der Waals surface area contributed by atoms with Crippen molar-refractivity contribution in [3.8, 4) is 0 Å². The Kier molecular flexibility index (Phi) is 4.86. The van der Waals surface area contributed by atoms with E-state index in [1.807, 2.05) is 19.1 Å². The number of benzene rings is 1. The molecule has 1 aliphatic heterocycles. The smallest absolute Gasteiger partial charge is 0.184 e. The molecule has 1 fully saturated rings. The fraction of sp³-hybridized carbons (Fsp3) is 0.625. The maximum Gasteiger partial charge on any atom is 0.184 e. The van der Waals surface area contributed by atoms with Gasteiger partial charge in [0.25, 0.3) is 0 Å². The van der Waals surface area contributed by atoms with Crippen molar-refractivity contribution in [1.82, 2.24) is 0 Å². The fourth-order valence-electron chi connectivity index (χ4n) is 3.07. The second-order valence-electron chi connectivity index (χ2n) is 6.36. The first-order valence-electron chi connectivity index (χ1n) is 7.52. The molecule has 1 N–H and O–H groups in total. The molecule has 1 unspecified atom stereocenters. The molecule has 1 aromatic rings. The van der Waals surface area contributed by atoms with Gasteiger partial charge in [0.05, 0.1) is 24.0 Å². The summed E-state index contributed by atoms with van der Waals surface area (Å²) in [5.74, 6) is 0.959. The molecule has 1 saturated heterocycles. The van der Waals surface area contributed by atoms with Crippen LogP contribution in [0.15, 0.2) is 29.2 Å². The van der Waals surface area contributed by atoms with Crippen LogP contribution in [0.25, 0.3) is 0 Å². The zero-order valence-electron chi connectivity index (χ0n) is 12.7. The van der Waals surface area contributed by atoms with E-state index in [1.54, 1.807) is 12.1 Å². The van der Waals surface area contributed by atoms with Crippen molar-refractivity contribution < 1.29 is 13.3 Å². The third-order valence-electron chi connectivity index (χ3n) is 4.35. The minimum atomic E-state index is -3.16. The predicted molar refractivity (Wildman–Crippen MR) is 81.8 cm³/mol. The Morgan fingerprint density at radius 1 is 1.30 bits per heavy atom. The molecule has 3 atom stereocenters. The highest BCUT2D eigenvalue weighted by atomic mass is 32.2. The van der Waals surface area contributed by atoms with Gasteiger partial charge in [-0.2, -0.15) is 0 Å². The summed E-state index contributed by atoms with van der Waals surface area (Å²) in [6.07, 6.45) is 2.49. The van der Waals surface area contributed by atoms with Crippen molar-refractivity contribution >= 4 is 9.84 Å². The molecule has 112 valence electrons. The SMILES string of the molecule is Cc1ccc(S(=O)(=O)C[C@@H](C)[NH+]2CCC[C@H](C)C2)cc1. The Bertz CT molecular complexity index is 536. The summed E-state index contributed by atoms with van der Waals surface area (Å²) >= 11 is 0. The summed E-state index contributed by atoms with van der Waals surface area (Å²) in [4.78, 5) is 1.90. The van der Waals surface area contributed by atoms with Crippen LogP contribution in [0.4, 0.5) is 0 Å². The second-order valence-corrected chi connectivity index (χ2v) is 8.39. The van der Waals surface area contributed by atoms with Crippen molar-refractivity contribution in [3.05, 3.63) is 29.8 Å². The van der Waals surface area contributed by atoms with Crippen molar-refractivity contribution in [3.63, 3.8) is 0 Å². The molecule has 2 rings (SSSR count). The number of rotatable bonds is 4. The van der Waals surface area contributed by atoms with Gasteiger partial charge in [-0.05, 0) is 38.8 Å². The number of sulfone groups is 1. The molecule has 0 bridgehead atoms. The van der Waals surface area contributed by atoms with Gasteiger partial charge in [0.15, 0.2) is 9.84 Å². The molecule has 0 spiro atoms. The lowest BCUT2D eigenvalue weighted by Crippen LogP contribution is -3.17. The molecule has 0 saturated carbocycles. The normalized spacial score (nSPS) is 25.4. The minimum absolute atomic E-state index is 0.170. The minimum Gasteiger partial charge on any atom is -0.332 e. The van der Waals surface area contributed by atoms with Gasteiger partial charge in [0.1, 0.15) is 5.75 Å². The first-order chi connectivity index (χ1) is 9.38. The number of hydrogen-bond acceptors (Lipinski definition) is 2. The van der Waals surface area contributed by atoms with E-state index in [9.17, 15) is 8.42 Å². The number of likely N-dealkylation sites (tertiary alicyclic amines) is 1. The Labute approximate surface area is 122 Å². The average Bonchev–Trinajstić information content (AvgIpc) is 2.38. The van der Waals surface area contributed by atoms with Crippen LogP contribution in [0.1, 0.15) is 32.3 Å². The van der Waals surface area contributed by atoms with Crippen LogP contribution in [0, 0.1) is 12.8 Å². The Morgan fingerprint density at radius 3 is 2.55 bits per heavy atom. The molecule has 1 aromatic carbocycles. The number of nitrogens with one attached hydrogen (secondary N) is 1. The summed E-state index contributed by atoms with van der Waals surface area (Å²) in [5, 5.41) is 0. The van der Waals surface area contributed by atoms with Crippen LogP contribution >= 0.6 is 0 Å². The van der Waals surface area contributed by atoms with Crippen molar-refractivity contribution in [2.45, 2.75) is 44.6 Å². The first-order valence-corrected chi connectivity index (χ1v) is 9.17. The Hall–Kier alpha value is -0.870. The van der Waals surface area contributed by atoms with Crippen molar-refractivity contribution in [2.75, 3.05) is 18.8 Å². The summed E-state index contributed by atoms with van der Waals surface area (Å²) in [6, 6.07) is 7.36. The van der Waals surface area contributed by atoms with Crippen molar-refractivity contribution in [2.24, 2.45) is 5.92 Å². The highest BCUT2D eigenvalue weighted by Crippen LogP contribution is 2.13. The quantitative estimate of drug-likeness (QED) is 0.914. The lowest BCUT2D eigenvalue weighted by Gasteiger charge is -2.32. The monoisotopic (exact) mass is 296 g/mol. The molecule has 4 heteroatoms. The van der Waals surface area contributed by atoms with E-state index in [0.717, 1.165) is 18.7 Å². The average molecular weight is 296 g/mol. The molecule has 0 amide bonds. The van der Waals surface area contributed by atoms with Gasteiger partial charge in [-0.25, -0.2) is 8.42 Å². The van der Waals surface area contributed by atoms with E-state index in [1.165, 1.54) is 17.7 Å². The number of piperidine rings is 1. The third-order valence-corrected chi connectivity index (χ3v) is 6.28. The van der Waals surface area contributed by atoms with Gasteiger partial charge in [0, 0.05) is 5.92 Å². The predicted octanol–water partition coefficient (Wildman–Crippen LogP) is 1.47. The zero-order chi connectivity index (χ0) is 14.8. The van der Waals surface area contributed by atoms with Gasteiger partial charge in [-0.3, -0.25) is 0 Å². The standard InChI is InChI=1S/C16H25NO2S/c1-13-6-8-16(9-7-13)20(18,19)12-15(3)17-10-4-5-14(2)11-17/h6-9,14-15H,4-5,10-12H2,1-3H3/p+1/t14-,15+/m0/s1. The topological polar surface area (TPSA) is 38.6 Å². The summed E-state index contributed by atoms with van der Waals surface area (Å²) in [7, 11) is -3.16. The summed E-state index contributed by atoms with van der Waals surface area (Å²) < 4.78 is 24.9. The molecule has 0 radical (unpaired) electrons. The fourth-order valence-corrected chi connectivity index (χ4v) is 4.70. The van der Waals surface area contributed by atoms with Crippen LogP contribution in [0.5, 0.6) is 0 Å². The summed E-state index contributed by atoms with van der Waals surface area (Å²) in [5.41, 5.74) is 1.09. The van der Waals surface area contributed by atoms with Crippen LogP contribution in [0.3, 0.4) is 0 Å². The lowest BCUT2D eigenvalue weighted by molar-refractivity contribution is -0.928. The van der Waals surface area contributed by atoms with E-state index in [4.69, 9.17) is 0 Å². The largest absolute Gasteiger partial charge is 0.332 e. The number of quaternary nitrogens is 1. The van der Waals surface area contributed by atoms with Crippen LogP contribution in [-0.4, -0.2) is 33.3 Å². The van der Waals surface area contributed by atoms with Gasteiger partial charge in [-0.1, -0.05) is 24.6 Å². The molecule has 0 aliphatic carbocycles. The molecular formula is C16H26NO2S+. The van der Waals surface area contributed by atoms with Gasteiger partial charge >= 0.3 is 0 Å². The molecular weight excluding hydrogens is 270 g/mol. The van der Waals surface area contributed by atoms with E-state index >= 15 is 0 Å². The summed E-state index contributed by atoms with van der Waals surface area (Å²) in [6.45, 7) is 8.51. The van der Waals surface area contributed by atoms with Gasteiger partial charge < -0.3 is 4.90 Å². The van der Waals surface area contributed by atoms with E-state index in [2.05, 4.69) is 13.8 Å². The highest BCUT2D eigenvalue weighted by molar-refractivity contribution is 7.91. The maximum absolute atomic E-state index is 12.5.